The van der Waals surface area contributed by atoms with Crippen molar-refractivity contribution in [2.45, 2.75) is 12.3 Å². The number of para-hydroxylation sites is 1. The van der Waals surface area contributed by atoms with Gasteiger partial charge >= 0.3 is 0 Å². The topological polar surface area (TPSA) is 46.3 Å². The number of rotatable bonds is 2. The van der Waals surface area contributed by atoms with E-state index in [0.29, 0.717) is 5.69 Å². The molecule has 1 unspecified atom stereocenters. The predicted octanol–water partition coefficient (Wildman–Crippen LogP) is 2.57. The van der Waals surface area contributed by atoms with Crippen LogP contribution in [-0.2, 0) is 11.2 Å². The summed E-state index contributed by atoms with van der Waals surface area (Å²) in [7, 11) is 1.79. The van der Waals surface area contributed by atoms with Gasteiger partial charge in [0.2, 0.25) is 5.91 Å². The number of nitrogens with two attached hydrogens (primary N) is 1. The quantitative estimate of drug-likeness (QED) is 0.835. The molecule has 96 valence electrons. The fraction of sp³-hybridized carbons (Fsp3) is 0.188. The van der Waals surface area contributed by atoms with E-state index in [4.69, 9.17) is 5.73 Å². The third kappa shape index (κ3) is 1.87. The second kappa shape index (κ2) is 4.43. The van der Waals surface area contributed by atoms with Gasteiger partial charge in [0.25, 0.3) is 0 Å². The first-order valence-corrected chi connectivity index (χ1v) is 6.38. The van der Waals surface area contributed by atoms with Crippen LogP contribution in [0, 0.1) is 0 Å². The Balaban J connectivity index is 2.00. The van der Waals surface area contributed by atoms with E-state index in [1.807, 2.05) is 36.4 Å². The molecule has 1 heterocycles. The Labute approximate surface area is 112 Å². The molecule has 0 saturated heterocycles. The Bertz CT molecular complexity index is 622. The molecule has 0 spiro atoms. The van der Waals surface area contributed by atoms with E-state index < -0.39 is 0 Å². The summed E-state index contributed by atoms with van der Waals surface area (Å²) in [6.45, 7) is 0. The zero-order valence-corrected chi connectivity index (χ0v) is 10.8. The Hall–Kier alpha value is -2.29. The molecule has 1 amide bonds. The van der Waals surface area contributed by atoms with Gasteiger partial charge in [-0.15, -0.1) is 0 Å². The van der Waals surface area contributed by atoms with E-state index in [2.05, 4.69) is 12.1 Å². The highest BCUT2D eigenvalue weighted by molar-refractivity contribution is 6.07. The molecule has 2 aromatic carbocycles. The summed E-state index contributed by atoms with van der Waals surface area (Å²) in [5.74, 6) is 0.00246. The third-order valence-electron chi connectivity index (χ3n) is 3.72. The van der Waals surface area contributed by atoms with Gasteiger partial charge in [-0.1, -0.05) is 42.5 Å². The summed E-state index contributed by atoms with van der Waals surface area (Å²) in [6, 6.07) is 15.8. The van der Waals surface area contributed by atoms with Gasteiger partial charge in [-0.2, -0.15) is 0 Å². The number of fused-ring (bicyclic) bond motifs is 1. The van der Waals surface area contributed by atoms with Crippen LogP contribution in [-0.4, -0.2) is 13.0 Å². The van der Waals surface area contributed by atoms with Gasteiger partial charge in [-0.05, 0) is 23.6 Å². The summed E-state index contributed by atoms with van der Waals surface area (Å²) in [5, 5.41) is 0. The van der Waals surface area contributed by atoms with E-state index in [-0.39, 0.29) is 11.8 Å². The lowest BCUT2D eigenvalue weighted by atomic mass is 9.93. The van der Waals surface area contributed by atoms with Crippen LogP contribution < -0.4 is 10.6 Å². The standard InChI is InChI=1S/C16H16N2O/c1-18-15-12(8-5-9-14(15)17)13(16(18)19)10-11-6-3-2-4-7-11/h2-9,13H,10,17H2,1H3. The number of carbonyl (C=O) groups is 1. The van der Waals surface area contributed by atoms with Crippen LogP contribution >= 0.6 is 0 Å². The van der Waals surface area contributed by atoms with E-state index in [0.717, 1.165) is 17.7 Å². The Kier molecular flexibility index (Phi) is 2.75. The normalized spacial score (nSPS) is 17.6. The average Bonchev–Trinajstić information content (AvgIpc) is 2.66. The van der Waals surface area contributed by atoms with Gasteiger partial charge in [0.1, 0.15) is 0 Å². The van der Waals surface area contributed by atoms with Crippen molar-refractivity contribution in [1.82, 2.24) is 0 Å². The molecule has 3 nitrogen and oxygen atoms in total. The van der Waals surface area contributed by atoms with Crippen LogP contribution in [0.1, 0.15) is 17.0 Å². The molecule has 0 saturated carbocycles. The monoisotopic (exact) mass is 252 g/mol. The molecular formula is C16H16N2O. The van der Waals surface area contributed by atoms with Crippen LogP contribution in [0.5, 0.6) is 0 Å². The third-order valence-corrected chi connectivity index (χ3v) is 3.72. The maximum atomic E-state index is 12.4. The Morgan fingerprint density at radius 3 is 2.58 bits per heavy atom. The average molecular weight is 252 g/mol. The minimum Gasteiger partial charge on any atom is -0.397 e. The number of likely N-dealkylation sites (N-methyl/N-ethyl adjacent to an activating group) is 1. The van der Waals surface area contributed by atoms with Crippen LogP contribution in [0.3, 0.4) is 0 Å². The predicted molar refractivity (Wildman–Crippen MR) is 77.2 cm³/mol. The highest BCUT2D eigenvalue weighted by Crippen LogP contribution is 2.41. The fourth-order valence-corrected chi connectivity index (χ4v) is 2.77. The van der Waals surface area contributed by atoms with Gasteiger partial charge in [-0.3, -0.25) is 4.79 Å². The molecule has 1 aliphatic heterocycles. The minimum atomic E-state index is -0.120. The number of carbonyl (C=O) groups excluding carboxylic acids is 1. The molecule has 2 N–H and O–H groups in total. The smallest absolute Gasteiger partial charge is 0.234 e. The first-order valence-electron chi connectivity index (χ1n) is 6.38. The molecule has 2 aromatic rings. The van der Waals surface area contributed by atoms with E-state index in [1.54, 1.807) is 11.9 Å². The van der Waals surface area contributed by atoms with Crippen molar-refractivity contribution in [3.8, 4) is 0 Å². The Morgan fingerprint density at radius 1 is 1.11 bits per heavy atom. The molecule has 0 fully saturated rings. The van der Waals surface area contributed by atoms with Gasteiger partial charge in [-0.25, -0.2) is 0 Å². The molecule has 0 aliphatic carbocycles. The fourth-order valence-electron chi connectivity index (χ4n) is 2.77. The SMILES string of the molecule is CN1C(=O)C(Cc2ccccc2)c2cccc(N)c21. The van der Waals surface area contributed by atoms with Crippen LogP contribution in [0.25, 0.3) is 0 Å². The largest absolute Gasteiger partial charge is 0.397 e. The van der Waals surface area contributed by atoms with Crippen molar-refractivity contribution in [2.24, 2.45) is 0 Å². The number of nitrogens with zero attached hydrogens (tertiary/aromatic N) is 1. The highest BCUT2D eigenvalue weighted by Gasteiger charge is 2.36. The zero-order valence-electron chi connectivity index (χ0n) is 10.8. The molecule has 19 heavy (non-hydrogen) atoms. The summed E-state index contributed by atoms with van der Waals surface area (Å²) in [6.07, 6.45) is 0.723. The van der Waals surface area contributed by atoms with Gasteiger partial charge in [0.15, 0.2) is 0 Å². The molecule has 0 radical (unpaired) electrons. The summed E-state index contributed by atoms with van der Waals surface area (Å²) >= 11 is 0. The lowest BCUT2D eigenvalue weighted by molar-refractivity contribution is -0.119. The molecule has 3 rings (SSSR count). The number of hydrogen-bond acceptors (Lipinski definition) is 2. The first kappa shape index (κ1) is 11.8. The number of benzene rings is 2. The molecular weight excluding hydrogens is 236 g/mol. The maximum absolute atomic E-state index is 12.4. The number of amides is 1. The Morgan fingerprint density at radius 2 is 1.84 bits per heavy atom. The van der Waals surface area contributed by atoms with Crippen molar-refractivity contribution in [2.75, 3.05) is 17.7 Å². The van der Waals surface area contributed by atoms with Crippen molar-refractivity contribution < 1.29 is 4.79 Å². The van der Waals surface area contributed by atoms with E-state index >= 15 is 0 Å². The van der Waals surface area contributed by atoms with Crippen LogP contribution in [0.2, 0.25) is 0 Å². The van der Waals surface area contributed by atoms with Crippen molar-refractivity contribution >= 4 is 17.3 Å². The second-order valence-electron chi connectivity index (χ2n) is 4.92. The molecule has 3 heteroatoms. The molecule has 1 aliphatic rings. The number of hydrogen-bond donors (Lipinski definition) is 1. The van der Waals surface area contributed by atoms with Crippen molar-refractivity contribution in [1.29, 1.82) is 0 Å². The summed E-state index contributed by atoms with van der Waals surface area (Å²) < 4.78 is 0. The number of anilines is 2. The molecule has 0 bridgehead atoms. The second-order valence-corrected chi connectivity index (χ2v) is 4.92. The summed E-state index contributed by atoms with van der Waals surface area (Å²) in [4.78, 5) is 14.1. The van der Waals surface area contributed by atoms with E-state index in [1.165, 1.54) is 5.56 Å². The number of nitrogen functional groups attached to an aromatic ring is 1. The van der Waals surface area contributed by atoms with Crippen molar-refractivity contribution in [3.63, 3.8) is 0 Å². The van der Waals surface area contributed by atoms with Gasteiger partial charge in [0, 0.05) is 7.05 Å². The van der Waals surface area contributed by atoms with Gasteiger partial charge < -0.3 is 10.6 Å². The molecule has 0 aromatic heterocycles. The lowest BCUT2D eigenvalue weighted by Crippen LogP contribution is -2.25. The van der Waals surface area contributed by atoms with Gasteiger partial charge in [0.05, 0.1) is 17.3 Å². The maximum Gasteiger partial charge on any atom is 0.234 e. The van der Waals surface area contributed by atoms with Crippen LogP contribution in [0.15, 0.2) is 48.5 Å². The van der Waals surface area contributed by atoms with Crippen molar-refractivity contribution in [3.05, 3.63) is 59.7 Å². The molecule has 1 atom stereocenters. The van der Waals surface area contributed by atoms with E-state index in [9.17, 15) is 4.79 Å². The lowest BCUT2D eigenvalue weighted by Gasteiger charge is -2.12. The van der Waals surface area contributed by atoms with Crippen LogP contribution in [0.4, 0.5) is 11.4 Å². The first-order chi connectivity index (χ1) is 9.18. The highest BCUT2D eigenvalue weighted by atomic mass is 16.2. The zero-order chi connectivity index (χ0) is 13.4. The minimum absolute atomic E-state index is 0.120. The summed E-state index contributed by atoms with van der Waals surface area (Å²) in [5.41, 5.74) is 9.73.